The summed E-state index contributed by atoms with van der Waals surface area (Å²) in [4.78, 5) is 2.02. The summed E-state index contributed by atoms with van der Waals surface area (Å²) >= 11 is 17.2. The average molecular weight is 363 g/mol. The molecule has 0 saturated carbocycles. The van der Waals surface area contributed by atoms with Crippen LogP contribution < -0.4 is 5.73 Å². The van der Waals surface area contributed by atoms with Gasteiger partial charge in [-0.1, -0.05) is 41.0 Å². The second-order valence-electron chi connectivity index (χ2n) is 3.65. The van der Waals surface area contributed by atoms with Crippen LogP contribution in [0.1, 0.15) is 5.56 Å². The van der Waals surface area contributed by atoms with Gasteiger partial charge in [0.25, 0.3) is 0 Å². The summed E-state index contributed by atoms with van der Waals surface area (Å²) in [5.41, 5.74) is 6.69. The van der Waals surface area contributed by atoms with Crippen LogP contribution in [0.3, 0.4) is 0 Å². The lowest BCUT2D eigenvalue weighted by Gasteiger charge is -2.08. The van der Waals surface area contributed by atoms with E-state index in [4.69, 9.17) is 28.9 Å². The number of nitrogens with two attached hydrogens (primary N) is 1. The van der Waals surface area contributed by atoms with E-state index in [1.165, 1.54) is 0 Å². The van der Waals surface area contributed by atoms with E-state index in [-0.39, 0.29) is 0 Å². The van der Waals surface area contributed by atoms with E-state index in [1.807, 2.05) is 24.3 Å². The van der Waals surface area contributed by atoms with Crippen molar-refractivity contribution < 1.29 is 0 Å². The molecule has 18 heavy (non-hydrogen) atoms. The van der Waals surface area contributed by atoms with Crippen molar-refractivity contribution in [1.29, 1.82) is 0 Å². The Bertz CT molecular complexity index is 575. The predicted octanol–water partition coefficient (Wildman–Crippen LogP) is 5.37. The highest BCUT2D eigenvalue weighted by molar-refractivity contribution is 9.10. The van der Waals surface area contributed by atoms with Gasteiger partial charge < -0.3 is 5.73 Å². The molecular formula is C13H10BrCl2NS. The zero-order valence-corrected chi connectivity index (χ0v) is 13.2. The van der Waals surface area contributed by atoms with Crippen LogP contribution in [0.25, 0.3) is 0 Å². The van der Waals surface area contributed by atoms with E-state index in [1.54, 1.807) is 23.9 Å². The third kappa shape index (κ3) is 3.43. The third-order valence-electron chi connectivity index (χ3n) is 2.35. The minimum Gasteiger partial charge on any atom is -0.326 e. The highest BCUT2D eigenvalue weighted by atomic mass is 79.9. The zero-order valence-electron chi connectivity index (χ0n) is 9.29. The van der Waals surface area contributed by atoms with E-state index in [9.17, 15) is 0 Å². The molecule has 0 aliphatic heterocycles. The fraction of sp³-hybridized carbons (Fsp3) is 0.0769. The topological polar surface area (TPSA) is 26.0 Å². The average Bonchev–Trinajstić information content (AvgIpc) is 2.36. The maximum absolute atomic E-state index is 6.14. The number of halogens is 3. The summed E-state index contributed by atoms with van der Waals surface area (Å²) in [7, 11) is 0. The lowest BCUT2D eigenvalue weighted by Crippen LogP contribution is -1.95. The lowest BCUT2D eigenvalue weighted by atomic mass is 10.2. The van der Waals surface area contributed by atoms with E-state index in [0.29, 0.717) is 16.6 Å². The lowest BCUT2D eigenvalue weighted by molar-refractivity contribution is 1.06. The Hall–Kier alpha value is -0.190. The molecule has 5 heteroatoms. The summed E-state index contributed by atoms with van der Waals surface area (Å²) in [5, 5.41) is 1.37. The molecule has 0 saturated heterocycles. The first kappa shape index (κ1) is 14.2. The van der Waals surface area contributed by atoms with E-state index >= 15 is 0 Å². The number of benzene rings is 2. The molecular weight excluding hydrogens is 353 g/mol. The van der Waals surface area contributed by atoms with E-state index in [0.717, 1.165) is 19.8 Å². The van der Waals surface area contributed by atoms with E-state index in [2.05, 4.69) is 15.9 Å². The molecule has 0 spiro atoms. The quantitative estimate of drug-likeness (QED) is 0.794. The van der Waals surface area contributed by atoms with Crippen LogP contribution in [0, 0.1) is 0 Å². The van der Waals surface area contributed by atoms with Crippen molar-refractivity contribution in [3.8, 4) is 0 Å². The van der Waals surface area contributed by atoms with Crippen LogP contribution >= 0.6 is 50.9 Å². The molecule has 1 nitrogen and oxygen atoms in total. The molecule has 0 aromatic heterocycles. The first-order valence-electron chi connectivity index (χ1n) is 5.21. The first-order chi connectivity index (χ1) is 8.60. The van der Waals surface area contributed by atoms with Gasteiger partial charge in [-0.05, 0) is 51.8 Å². The summed E-state index contributed by atoms with van der Waals surface area (Å²) in [5.74, 6) is 0. The smallest absolute Gasteiger partial charge is 0.0546 e. The number of hydrogen-bond acceptors (Lipinski definition) is 2. The molecule has 0 fully saturated rings. The van der Waals surface area contributed by atoms with Gasteiger partial charge in [-0.3, -0.25) is 0 Å². The second kappa shape index (κ2) is 6.31. The molecule has 0 aliphatic carbocycles. The van der Waals surface area contributed by atoms with Crippen LogP contribution in [0.5, 0.6) is 0 Å². The number of hydrogen-bond donors (Lipinski definition) is 1. The predicted molar refractivity (Wildman–Crippen MR) is 82.6 cm³/mol. The maximum Gasteiger partial charge on any atom is 0.0546 e. The Morgan fingerprint density at radius 1 is 1.06 bits per heavy atom. The molecule has 0 unspecified atom stereocenters. The van der Waals surface area contributed by atoms with Crippen molar-refractivity contribution in [2.45, 2.75) is 16.3 Å². The van der Waals surface area contributed by atoms with Crippen molar-refractivity contribution in [1.82, 2.24) is 0 Å². The Balaban J connectivity index is 2.31. The van der Waals surface area contributed by atoms with E-state index < -0.39 is 0 Å². The molecule has 0 amide bonds. The Morgan fingerprint density at radius 2 is 1.83 bits per heavy atom. The minimum atomic E-state index is 0.529. The highest BCUT2D eigenvalue weighted by Gasteiger charge is 2.07. The van der Waals surface area contributed by atoms with Crippen molar-refractivity contribution in [2.24, 2.45) is 5.73 Å². The zero-order chi connectivity index (χ0) is 13.1. The van der Waals surface area contributed by atoms with Gasteiger partial charge in [0.1, 0.15) is 0 Å². The van der Waals surface area contributed by atoms with Crippen LogP contribution in [-0.2, 0) is 6.54 Å². The molecule has 2 aromatic carbocycles. The third-order valence-corrected chi connectivity index (χ3v) is 5.07. The van der Waals surface area contributed by atoms with Crippen molar-refractivity contribution in [3.05, 3.63) is 56.5 Å². The molecule has 0 bridgehead atoms. The van der Waals surface area contributed by atoms with Gasteiger partial charge in [-0.2, -0.15) is 0 Å². The van der Waals surface area contributed by atoms with Crippen molar-refractivity contribution in [2.75, 3.05) is 0 Å². The van der Waals surface area contributed by atoms with Crippen LogP contribution in [-0.4, -0.2) is 0 Å². The van der Waals surface area contributed by atoms with Crippen LogP contribution in [0.15, 0.2) is 50.7 Å². The summed E-state index contributed by atoms with van der Waals surface area (Å²) in [6, 6.07) is 11.5. The Kier molecular flexibility index (Phi) is 4.98. The molecule has 94 valence electrons. The summed E-state index contributed by atoms with van der Waals surface area (Å²) in [6.07, 6.45) is 0. The molecule has 0 atom stereocenters. The fourth-order valence-corrected chi connectivity index (χ4v) is 3.45. The molecule has 2 aromatic rings. The van der Waals surface area contributed by atoms with Gasteiger partial charge in [-0.25, -0.2) is 0 Å². The normalized spacial score (nSPS) is 10.7. The molecule has 0 heterocycles. The van der Waals surface area contributed by atoms with Gasteiger partial charge in [0.15, 0.2) is 0 Å². The SMILES string of the molecule is NCc1ccc(Sc2cc(Cl)ccc2Cl)c(Br)c1. The van der Waals surface area contributed by atoms with Crippen molar-refractivity contribution in [3.63, 3.8) is 0 Å². The molecule has 0 aliphatic rings. The highest BCUT2D eigenvalue weighted by Crippen LogP contribution is 2.38. The fourth-order valence-electron chi connectivity index (χ4n) is 1.43. The number of rotatable bonds is 3. The maximum atomic E-state index is 6.14. The summed E-state index contributed by atoms with van der Waals surface area (Å²) in [6.45, 7) is 0.529. The van der Waals surface area contributed by atoms with Crippen molar-refractivity contribution >= 4 is 50.9 Å². The van der Waals surface area contributed by atoms with Crippen LogP contribution in [0.4, 0.5) is 0 Å². The van der Waals surface area contributed by atoms with Gasteiger partial charge in [0.05, 0.1) is 5.02 Å². The largest absolute Gasteiger partial charge is 0.326 e. The van der Waals surface area contributed by atoms with Gasteiger partial charge in [0, 0.05) is 25.8 Å². The molecule has 0 radical (unpaired) electrons. The summed E-state index contributed by atoms with van der Waals surface area (Å²) < 4.78 is 1.01. The van der Waals surface area contributed by atoms with Gasteiger partial charge >= 0.3 is 0 Å². The Morgan fingerprint density at radius 3 is 2.50 bits per heavy atom. The Labute approximate surface area is 129 Å². The monoisotopic (exact) mass is 361 g/mol. The van der Waals surface area contributed by atoms with Crippen LogP contribution in [0.2, 0.25) is 10.0 Å². The molecule has 2 rings (SSSR count). The first-order valence-corrected chi connectivity index (χ1v) is 7.58. The second-order valence-corrected chi connectivity index (χ2v) is 6.43. The van der Waals surface area contributed by atoms with Gasteiger partial charge in [0.2, 0.25) is 0 Å². The minimum absolute atomic E-state index is 0.529. The van der Waals surface area contributed by atoms with Gasteiger partial charge in [-0.15, -0.1) is 0 Å². The standard InChI is InChI=1S/C13H10BrCl2NS/c14-10-5-8(7-17)1-4-12(10)18-13-6-9(15)2-3-11(13)16/h1-6H,7,17H2. The molecule has 2 N–H and O–H groups in total.